The maximum atomic E-state index is 6.00. The maximum absolute atomic E-state index is 6.00. The topological polar surface area (TPSA) is 79.4 Å². The Morgan fingerprint density at radius 1 is 1.00 bits per heavy atom. The summed E-state index contributed by atoms with van der Waals surface area (Å²) >= 11 is 1.56. The zero-order chi connectivity index (χ0) is 21.2. The van der Waals surface area contributed by atoms with Crippen molar-refractivity contribution in [3.05, 3.63) is 77.2 Å². The van der Waals surface area contributed by atoms with Gasteiger partial charge in [0.05, 0.1) is 43.6 Å². The quantitative estimate of drug-likeness (QED) is 0.386. The molecule has 0 unspecified atom stereocenters. The highest BCUT2D eigenvalue weighted by Gasteiger charge is 2.18. The molecule has 0 fully saturated rings. The third kappa shape index (κ3) is 3.92. The smallest absolute Gasteiger partial charge is 0.213 e. The molecule has 5 rings (SSSR count). The molecule has 156 valence electrons. The number of hydrogen-bond donors (Lipinski definition) is 0. The summed E-state index contributed by atoms with van der Waals surface area (Å²) in [6.07, 6.45) is 1.87. The average Bonchev–Trinajstić information content (AvgIpc) is 3.50. The van der Waals surface area contributed by atoms with Crippen LogP contribution in [0.5, 0.6) is 5.75 Å². The van der Waals surface area contributed by atoms with Crippen molar-refractivity contribution in [3.8, 4) is 22.7 Å². The third-order valence-corrected chi connectivity index (χ3v) is 5.64. The van der Waals surface area contributed by atoms with Gasteiger partial charge in [-0.15, -0.1) is 5.10 Å². The van der Waals surface area contributed by atoms with Crippen LogP contribution in [0.15, 0.2) is 60.8 Å². The number of aryl methyl sites for hydroxylation is 1. The Kier molecular flexibility index (Phi) is 5.19. The second kappa shape index (κ2) is 8.29. The fourth-order valence-corrected chi connectivity index (χ4v) is 4.08. The van der Waals surface area contributed by atoms with Gasteiger partial charge >= 0.3 is 0 Å². The third-order valence-electron chi connectivity index (χ3n) is 4.81. The summed E-state index contributed by atoms with van der Waals surface area (Å²) in [6.45, 7) is 2.66. The van der Waals surface area contributed by atoms with E-state index in [9.17, 15) is 0 Å². The average molecular weight is 433 g/mol. The molecule has 9 heteroatoms. The lowest BCUT2D eigenvalue weighted by Crippen LogP contribution is -2.01. The lowest BCUT2D eigenvalue weighted by atomic mass is 10.1. The van der Waals surface area contributed by atoms with Gasteiger partial charge in [0.25, 0.3) is 0 Å². The van der Waals surface area contributed by atoms with Crippen LogP contribution in [-0.4, -0.2) is 36.7 Å². The summed E-state index contributed by atoms with van der Waals surface area (Å²) in [7, 11) is 1.65. The van der Waals surface area contributed by atoms with E-state index in [1.807, 2.05) is 72.2 Å². The lowest BCUT2D eigenvalue weighted by Gasteiger charge is -2.06. The predicted octanol–water partition coefficient (Wildman–Crippen LogP) is 4.07. The number of nitrogens with zero attached hydrogens (tertiary/aromatic N) is 6. The summed E-state index contributed by atoms with van der Waals surface area (Å²) in [6, 6.07) is 17.7. The van der Waals surface area contributed by atoms with E-state index in [0.29, 0.717) is 13.2 Å². The largest absolute Gasteiger partial charge is 0.497 e. The summed E-state index contributed by atoms with van der Waals surface area (Å²) in [5, 5.41) is 14.0. The molecule has 8 nitrogen and oxygen atoms in total. The zero-order valence-corrected chi connectivity index (χ0v) is 17.9. The number of hydrogen-bond acceptors (Lipinski definition) is 7. The molecule has 0 spiro atoms. The molecule has 0 aliphatic rings. The van der Waals surface area contributed by atoms with Crippen LogP contribution in [0.4, 0.5) is 0 Å². The molecule has 0 amide bonds. The minimum absolute atomic E-state index is 0.339. The van der Waals surface area contributed by atoms with Gasteiger partial charge in [0.1, 0.15) is 16.5 Å². The highest BCUT2D eigenvalue weighted by atomic mass is 32.1. The minimum atomic E-state index is 0.339. The monoisotopic (exact) mass is 432 g/mol. The molecule has 3 aromatic heterocycles. The molecule has 0 bridgehead atoms. The molecule has 0 saturated heterocycles. The molecule has 0 saturated carbocycles. The van der Waals surface area contributed by atoms with Crippen molar-refractivity contribution in [1.29, 1.82) is 0 Å². The first-order valence-corrected chi connectivity index (χ1v) is 10.6. The summed E-state index contributed by atoms with van der Waals surface area (Å²) < 4.78 is 14.9. The van der Waals surface area contributed by atoms with E-state index in [2.05, 4.69) is 15.4 Å². The number of fused-ring (bicyclic) bond motifs is 1. The summed E-state index contributed by atoms with van der Waals surface area (Å²) in [5.41, 5.74) is 4.46. The van der Waals surface area contributed by atoms with Gasteiger partial charge in [-0.05, 0) is 43.3 Å². The first-order valence-electron chi connectivity index (χ1n) is 9.75. The molecule has 3 heterocycles. The molecular formula is C22H20N6O2S. The number of rotatable bonds is 7. The van der Waals surface area contributed by atoms with Crippen molar-refractivity contribution in [2.45, 2.75) is 20.1 Å². The number of imidazole rings is 1. The number of ether oxygens (including phenoxy) is 2. The Bertz CT molecular complexity index is 1310. The van der Waals surface area contributed by atoms with E-state index in [0.717, 1.165) is 44.1 Å². The summed E-state index contributed by atoms with van der Waals surface area (Å²) in [5.74, 6) is 0.804. The van der Waals surface area contributed by atoms with E-state index >= 15 is 0 Å². The van der Waals surface area contributed by atoms with Gasteiger partial charge in [0.15, 0.2) is 0 Å². The molecule has 5 aromatic rings. The van der Waals surface area contributed by atoms with Crippen LogP contribution in [-0.2, 0) is 18.0 Å². The van der Waals surface area contributed by atoms with Gasteiger partial charge in [0, 0.05) is 5.56 Å². The second-order valence-electron chi connectivity index (χ2n) is 6.93. The van der Waals surface area contributed by atoms with Gasteiger partial charge < -0.3 is 9.47 Å². The van der Waals surface area contributed by atoms with Crippen LogP contribution in [0.1, 0.15) is 16.4 Å². The lowest BCUT2D eigenvalue weighted by molar-refractivity contribution is 0.101. The SMILES string of the molecule is COc1ccc(-c2nc3sc(C)nn3c2COCc2cn(-c3ccccc3)nn2)cc1. The van der Waals surface area contributed by atoms with Gasteiger partial charge in [-0.1, -0.05) is 34.7 Å². The Labute approximate surface area is 182 Å². The standard InChI is InChI=1S/C22H20N6O2S/c1-15-25-28-20(21(23-22(28)31-15)16-8-10-19(29-2)11-9-16)14-30-13-17-12-27(26-24-17)18-6-4-3-5-7-18/h3-12H,13-14H2,1-2H3. The van der Waals surface area contributed by atoms with Gasteiger partial charge in [0.2, 0.25) is 4.96 Å². The molecule has 0 N–H and O–H groups in total. The zero-order valence-electron chi connectivity index (χ0n) is 17.1. The van der Waals surface area contributed by atoms with Crippen LogP contribution in [0.25, 0.3) is 21.9 Å². The Morgan fingerprint density at radius 3 is 2.58 bits per heavy atom. The molecule has 0 aliphatic heterocycles. The van der Waals surface area contributed by atoms with Crippen molar-refractivity contribution in [3.63, 3.8) is 0 Å². The van der Waals surface area contributed by atoms with Crippen molar-refractivity contribution >= 4 is 16.3 Å². The molecule has 0 radical (unpaired) electrons. The molecule has 31 heavy (non-hydrogen) atoms. The van der Waals surface area contributed by atoms with Crippen LogP contribution < -0.4 is 4.74 Å². The Morgan fingerprint density at radius 2 is 1.81 bits per heavy atom. The first kappa shape index (κ1) is 19.4. The second-order valence-corrected chi connectivity index (χ2v) is 8.09. The number of benzene rings is 2. The van der Waals surface area contributed by atoms with Crippen LogP contribution in [0.2, 0.25) is 0 Å². The van der Waals surface area contributed by atoms with Crippen LogP contribution >= 0.6 is 11.3 Å². The highest BCUT2D eigenvalue weighted by Crippen LogP contribution is 2.29. The molecule has 0 atom stereocenters. The van der Waals surface area contributed by atoms with Gasteiger partial charge in [-0.2, -0.15) is 5.10 Å². The van der Waals surface area contributed by atoms with E-state index in [-0.39, 0.29) is 0 Å². The Hall–Kier alpha value is -3.56. The number of para-hydroxylation sites is 1. The van der Waals surface area contributed by atoms with Gasteiger partial charge in [-0.3, -0.25) is 0 Å². The van der Waals surface area contributed by atoms with Crippen molar-refractivity contribution < 1.29 is 9.47 Å². The fraction of sp³-hybridized carbons (Fsp3) is 0.182. The fourth-order valence-electron chi connectivity index (χ4n) is 3.32. The predicted molar refractivity (Wildman–Crippen MR) is 117 cm³/mol. The highest BCUT2D eigenvalue weighted by molar-refractivity contribution is 7.16. The number of methoxy groups -OCH3 is 1. The van der Waals surface area contributed by atoms with Crippen molar-refractivity contribution in [1.82, 2.24) is 29.6 Å². The minimum Gasteiger partial charge on any atom is -0.497 e. The molecule has 2 aromatic carbocycles. The molecular weight excluding hydrogens is 412 g/mol. The van der Waals surface area contributed by atoms with E-state index < -0.39 is 0 Å². The van der Waals surface area contributed by atoms with E-state index in [4.69, 9.17) is 14.5 Å². The van der Waals surface area contributed by atoms with Crippen molar-refractivity contribution in [2.75, 3.05) is 7.11 Å². The Balaban J connectivity index is 1.36. The van der Waals surface area contributed by atoms with E-state index in [1.165, 1.54) is 0 Å². The number of aromatic nitrogens is 6. The van der Waals surface area contributed by atoms with Crippen molar-refractivity contribution in [2.24, 2.45) is 0 Å². The van der Waals surface area contributed by atoms with Crippen LogP contribution in [0.3, 0.4) is 0 Å². The normalized spacial score (nSPS) is 11.3. The summed E-state index contributed by atoms with van der Waals surface area (Å²) in [4.78, 5) is 5.64. The maximum Gasteiger partial charge on any atom is 0.213 e. The molecule has 0 aliphatic carbocycles. The van der Waals surface area contributed by atoms with Crippen LogP contribution in [0, 0.1) is 6.92 Å². The van der Waals surface area contributed by atoms with E-state index in [1.54, 1.807) is 23.1 Å². The van der Waals surface area contributed by atoms with Gasteiger partial charge in [-0.25, -0.2) is 14.2 Å². The first-order chi connectivity index (χ1) is 15.2.